The van der Waals surface area contributed by atoms with Crippen LogP contribution in [0.15, 0.2) is 24.3 Å². The highest BCUT2D eigenvalue weighted by molar-refractivity contribution is 5.78. The van der Waals surface area contributed by atoms with Crippen LogP contribution in [-0.2, 0) is 11.2 Å². The number of hydrogen-bond donors (Lipinski definition) is 0. The molecule has 1 aromatic carbocycles. The van der Waals surface area contributed by atoms with Gasteiger partial charge in [-0.1, -0.05) is 19.1 Å². The number of halogens is 1. The molecule has 0 unspecified atom stereocenters. The fraction of sp³-hybridized carbons (Fsp3) is 0.500. The van der Waals surface area contributed by atoms with E-state index in [2.05, 4.69) is 11.8 Å². The van der Waals surface area contributed by atoms with Gasteiger partial charge in [0.05, 0.1) is 6.42 Å². The lowest BCUT2D eigenvalue weighted by molar-refractivity contribution is -0.132. The number of nitrogens with zero attached hydrogens (tertiary/aromatic N) is 2. The first-order valence-electron chi connectivity index (χ1n) is 6.43. The van der Waals surface area contributed by atoms with Crippen LogP contribution < -0.4 is 0 Å². The number of hydrogen-bond acceptors (Lipinski definition) is 2. The van der Waals surface area contributed by atoms with Gasteiger partial charge < -0.3 is 9.80 Å². The molecule has 0 aliphatic carbocycles. The van der Waals surface area contributed by atoms with Gasteiger partial charge in [0.1, 0.15) is 5.82 Å². The van der Waals surface area contributed by atoms with Gasteiger partial charge in [-0.2, -0.15) is 0 Å². The average molecular weight is 250 g/mol. The zero-order chi connectivity index (χ0) is 13.0. The third-order valence-corrected chi connectivity index (χ3v) is 3.42. The van der Waals surface area contributed by atoms with Crippen LogP contribution in [0.1, 0.15) is 12.5 Å². The lowest BCUT2D eigenvalue weighted by atomic mass is 10.1. The predicted octanol–water partition coefficient (Wildman–Crippen LogP) is 1.53. The molecule has 4 heteroatoms. The Bertz CT molecular complexity index is 414. The van der Waals surface area contributed by atoms with E-state index >= 15 is 0 Å². The largest absolute Gasteiger partial charge is 0.340 e. The number of likely N-dealkylation sites (N-methyl/N-ethyl adjacent to an activating group) is 1. The van der Waals surface area contributed by atoms with Crippen LogP contribution in [0.25, 0.3) is 0 Å². The summed E-state index contributed by atoms with van der Waals surface area (Å²) in [6.45, 7) is 6.59. The van der Waals surface area contributed by atoms with E-state index < -0.39 is 0 Å². The molecule has 0 N–H and O–H groups in total. The number of rotatable bonds is 3. The quantitative estimate of drug-likeness (QED) is 0.812. The topological polar surface area (TPSA) is 23.6 Å². The van der Waals surface area contributed by atoms with Crippen molar-refractivity contribution in [2.24, 2.45) is 0 Å². The highest BCUT2D eigenvalue weighted by Gasteiger charge is 2.20. The normalized spacial score (nSPS) is 16.9. The van der Waals surface area contributed by atoms with Crippen molar-refractivity contribution in [2.75, 3.05) is 32.7 Å². The zero-order valence-electron chi connectivity index (χ0n) is 10.7. The van der Waals surface area contributed by atoms with Gasteiger partial charge in [0.25, 0.3) is 0 Å². The summed E-state index contributed by atoms with van der Waals surface area (Å²) < 4.78 is 13.0. The Morgan fingerprint density at radius 1 is 1.28 bits per heavy atom. The molecule has 3 nitrogen and oxygen atoms in total. The van der Waals surface area contributed by atoms with Crippen molar-refractivity contribution in [3.05, 3.63) is 35.6 Å². The molecule has 1 heterocycles. The third-order valence-electron chi connectivity index (χ3n) is 3.42. The predicted molar refractivity (Wildman–Crippen MR) is 68.8 cm³/mol. The Balaban J connectivity index is 1.89. The third kappa shape index (κ3) is 3.29. The minimum Gasteiger partial charge on any atom is -0.340 e. The smallest absolute Gasteiger partial charge is 0.227 e. The second-order valence-electron chi connectivity index (χ2n) is 4.62. The molecule has 2 rings (SSSR count). The first kappa shape index (κ1) is 13.0. The van der Waals surface area contributed by atoms with E-state index in [4.69, 9.17) is 0 Å². The maximum Gasteiger partial charge on any atom is 0.227 e. The van der Waals surface area contributed by atoms with Crippen LogP contribution >= 0.6 is 0 Å². The van der Waals surface area contributed by atoms with Gasteiger partial charge in [-0.15, -0.1) is 0 Å². The molecule has 0 atom stereocenters. The summed E-state index contributed by atoms with van der Waals surface area (Å²) in [5, 5.41) is 0. The van der Waals surface area contributed by atoms with Crippen molar-refractivity contribution in [1.29, 1.82) is 0 Å². The molecular weight excluding hydrogens is 231 g/mol. The van der Waals surface area contributed by atoms with Crippen LogP contribution in [0.4, 0.5) is 4.39 Å². The molecular formula is C14H19FN2O. The minimum atomic E-state index is -0.281. The number of carbonyl (C=O) groups excluding carboxylic acids is 1. The molecule has 0 radical (unpaired) electrons. The van der Waals surface area contributed by atoms with Gasteiger partial charge in [0, 0.05) is 26.2 Å². The highest BCUT2D eigenvalue weighted by atomic mass is 19.1. The van der Waals surface area contributed by atoms with Crippen LogP contribution in [0.3, 0.4) is 0 Å². The van der Waals surface area contributed by atoms with Crippen molar-refractivity contribution in [1.82, 2.24) is 9.80 Å². The Morgan fingerprint density at radius 2 is 2.00 bits per heavy atom. The van der Waals surface area contributed by atoms with Crippen molar-refractivity contribution >= 4 is 5.91 Å². The molecule has 0 saturated carbocycles. The number of carbonyl (C=O) groups is 1. The SMILES string of the molecule is CCN1CCN(C(=O)Cc2cccc(F)c2)CC1. The minimum absolute atomic E-state index is 0.0938. The van der Waals surface area contributed by atoms with E-state index in [-0.39, 0.29) is 11.7 Å². The van der Waals surface area contributed by atoms with E-state index in [1.165, 1.54) is 12.1 Å². The summed E-state index contributed by atoms with van der Waals surface area (Å²) in [6.07, 6.45) is 0.296. The number of amides is 1. The Labute approximate surface area is 107 Å². The van der Waals surface area contributed by atoms with Gasteiger partial charge in [-0.25, -0.2) is 4.39 Å². The van der Waals surface area contributed by atoms with Gasteiger partial charge >= 0.3 is 0 Å². The van der Waals surface area contributed by atoms with Crippen molar-refractivity contribution in [3.63, 3.8) is 0 Å². The summed E-state index contributed by atoms with van der Waals surface area (Å²) in [5.74, 6) is -0.188. The number of benzene rings is 1. The molecule has 98 valence electrons. The summed E-state index contributed by atoms with van der Waals surface area (Å²) in [6, 6.07) is 6.27. The molecule has 0 spiro atoms. The maximum atomic E-state index is 13.0. The van der Waals surface area contributed by atoms with E-state index in [9.17, 15) is 9.18 Å². The second-order valence-corrected chi connectivity index (χ2v) is 4.62. The molecule has 1 aliphatic rings. The molecule has 1 amide bonds. The van der Waals surface area contributed by atoms with Crippen molar-refractivity contribution in [2.45, 2.75) is 13.3 Å². The molecule has 1 saturated heterocycles. The monoisotopic (exact) mass is 250 g/mol. The highest BCUT2D eigenvalue weighted by Crippen LogP contribution is 2.08. The fourth-order valence-electron chi connectivity index (χ4n) is 2.25. The van der Waals surface area contributed by atoms with Crippen molar-refractivity contribution < 1.29 is 9.18 Å². The maximum absolute atomic E-state index is 13.0. The van der Waals surface area contributed by atoms with E-state index in [0.29, 0.717) is 6.42 Å². The van der Waals surface area contributed by atoms with Crippen LogP contribution in [0.5, 0.6) is 0 Å². The first-order chi connectivity index (χ1) is 8.69. The molecule has 18 heavy (non-hydrogen) atoms. The van der Waals surface area contributed by atoms with Gasteiger partial charge in [-0.3, -0.25) is 4.79 Å². The van der Waals surface area contributed by atoms with Gasteiger partial charge in [-0.05, 0) is 24.2 Å². The van der Waals surface area contributed by atoms with E-state index in [0.717, 1.165) is 38.3 Å². The van der Waals surface area contributed by atoms with Gasteiger partial charge in [0.15, 0.2) is 0 Å². The lowest BCUT2D eigenvalue weighted by Crippen LogP contribution is -2.48. The Morgan fingerprint density at radius 3 is 2.61 bits per heavy atom. The summed E-state index contributed by atoms with van der Waals surface area (Å²) >= 11 is 0. The lowest BCUT2D eigenvalue weighted by Gasteiger charge is -2.34. The summed E-state index contributed by atoms with van der Waals surface area (Å²) in [7, 11) is 0. The zero-order valence-corrected chi connectivity index (χ0v) is 10.7. The molecule has 1 fully saturated rings. The van der Waals surface area contributed by atoms with Crippen LogP contribution in [0, 0.1) is 5.82 Å². The summed E-state index contributed by atoms with van der Waals surface area (Å²) in [5.41, 5.74) is 0.748. The van der Waals surface area contributed by atoms with Crippen LogP contribution in [0.2, 0.25) is 0 Å². The Kier molecular flexibility index (Phi) is 4.31. The van der Waals surface area contributed by atoms with Crippen molar-refractivity contribution in [3.8, 4) is 0 Å². The number of piperazine rings is 1. The van der Waals surface area contributed by atoms with E-state index in [1.54, 1.807) is 12.1 Å². The molecule has 1 aliphatic heterocycles. The molecule has 0 bridgehead atoms. The van der Waals surface area contributed by atoms with Gasteiger partial charge in [0.2, 0.25) is 5.91 Å². The van der Waals surface area contributed by atoms with Crippen LogP contribution in [-0.4, -0.2) is 48.4 Å². The first-order valence-corrected chi connectivity index (χ1v) is 6.43. The molecule has 1 aromatic rings. The average Bonchev–Trinajstić information content (AvgIpc) is 2.39. The Hall–Kier alpha value is -1.42. The standard InChI is InChI=1S/C14H19FN2O/c1-2-16-6-8-17(9-7-16)14(18)11-12-4-3-5-13(15)10-12/h3-5,10H,2,6-9,11H2,1H3. The summed E-state index contributed by atoms with van der Waals surface area (Å²) in [4.78, 5) is 16.3. The second kappa shape index (κ2) is 5.96. The fourth-order valence-corrected chi connectivity index (χ4v) is 2.25. The van der Waals surface area contributed by atoms with E-state index in [1.807, 2.05) is 4.90 Å². The molecule has 0 aromatic heterocycles.